The van der Waals surface area contributed by atoms with Crippen molar-refractivity contribution >= 4 is 11.8 Å². The summed E-state index contributed by atoms with van der Waals surface area (Å²) < 4.78 is 26.6. The minimum Gasteiger partial charge on any atom is -0.480 e. The molecule has 3 aliphatic heterocycles. The van der Waals surface area contributed by atoms with Gasteiger partial charge in [0.1, 0.15) is 17.7 Å². The first-order valence-corrected chi connectivity index (χ1v) is 14.7. The van der Waals surface area contributed by atoms with Gasteiger partial charge in [-0.3, -0.25) is 9.69 Å². The van der Waals surface area contributed by atoms with E-state index >= 15 is 0 Å². The SMILES string of the molecule is O=C(O)C1[C@H](OCCCCc2ccc3c(n2)NCCC3)CCN1Cc1cc(F)ccc1[C@@H]1CCC2(CC2)CO1. The van der Waals surface area contributed by atoms with Crippen LogP contribution in [-0.2, 0) is 33.7 Å². The third-order valence-corrected chi connectivity index (χ3v) is 9.12. The number of fused-ring (bicyclic) bond motifs is 1. The number of benzene rings is 1. The van der Waals surface area contributed by atoms with Crippen LogP contribution in [0, 0.1) is 11.2 Å². The molecule has 1 unspecified atom stereocenters. The van der Waals surface area contributed by atoms with Crippen molar-refractivity contribution in [3.8, 4) is 0 Å². The van der Waals surface area contributed by atoms with E-state index < -0.39 is 12.0 Å². The van der Waals surface area contributed by atoms with E-state index in [0.29, 0.717) is 31.5 Å². The van der Waals surface area contributed by atoms with Gasteiger partial charge in [0.15, 0.2) is 0 Å². The summed E-state index contributed by atoms with van der Waals surface area (Å²) >= 11 is 0. The summed E-state index contributed by atoms with van der Waals surface area (Å²) in [6.45, 7) is 3.26. The van der Waals surface area contributed by atoms with Crippen LogP contribution in [0.5, 0.6) is 0 Å². The van der Waals surface area contributed by atoms with Gasteiger partial charge in [-0.1, -0.05) is 12.1 Å². The lowest BCUT2D eigenvalue weighted by Gasteiger charge is -2.32. The van der Waals surface area contributed by atoms with Gasteiger partial charge < -0.3 is 19.9 Å². The van der Waals surface area contributed by atoms with Gasteiger partial charge in [-0.25, -0.2) is 9.37 Å². The molecule has 2 N–H and O–H groups in total. The van der Waals surface area contributed by atoms with Gasteiger partial charge in [0.05, 0.1) is 18.8 Å². The highest BCUT2D eigenvalue weighted by molar-refractivity contribution is 5.74. The molecule has 0 bridgehead atoms. The van der Waals surface area contributed by atoms with Crippen molar-refractivity contribution in [1.82, 2.24) is 9.88 Å². The van der Waals surface area contributed by atoms with Gasteiger partial charge in [0.25, 0.3) is 0 Å². The summed E-state index contributed by atoms with van der Waals surface area (Å²) in [5, 5.41) is 13.5. The Labute approximate surface area is 230 Å². The lowest BCUT2D eigenvalue weighted by atomic mass is 9.90. The summed E-state index contributed by atoms with van der Waals surface area (Å²) in [6.07, 6.45) is 9.71. The number of carboxylic acid groups (broad SMARTS) is 1. The van der Waals surface area contributed by atoms with Crippen molar-refractivity contribution in [2.75, 3.05) is 31.6 Å². The molecule has 6 rings (SSSR count). The normalized spacial score (nSPS) is 25.8. The van der Waals surface area contributed by atoms with E-state index in [4.69, 9.17) is 14.5 Å². The predicted molar refractivity (Wildman–Crippen MR) is 146 cm³/mol. The van der Waals surface area contributed by atoms with E-state index in [0.717, 1.165) is 80.7 Å². The van der Waals surface area contributed by atoms with Crippen LogP contribution in [0.15, 0.2) is 30.3 Å². The number of nitrogens with one attached hydrogen (secondary N) is 1. The highest BCUT2D eigenvalue weighted by Gasteiger charge is 2.46. The molecule has 1 aliphatic carbocycles. The molecule has 1 aromatic carbocycles. The highest BCUT2D eigenvalue weighted by atomic mass is 19.1. The largest absolute Gasteiger partial charge is 0.480 e. The Hall–Kier alpha value is -2.55. The van der Waals surface area contributed by atoms with E-state index in [-0.39, 0.29) is 18.0 Å². The van der Waals surface area contributed by atoms with Crippen LogP contribution in [0.3, 0.4) is 0 Å². The Morgan fingerprint density at radius 3 is 2.90 bits per heavy atom. The van der Waals surface area contributed by atoms with E-state index in [1.165, 1.54) is 24.5 Å². The Bertz CT molecular complexity index is 1180. The number of hydrogen-bond acceptors (Lipinski definition) is 6. The van der Waals surface area contributed by atoms with Gasteiger partial charge >= 0.3 is 5.97 Å². The smallest absolute Gasteiger partial charge is 0.323 e. The van der Waals surface area contributed by atoms with Crippen molar-refractivity contribution in [2.24, 2.45) is 5.41 Å². The average molecular weight is 538 g/mol. The summed E-state index contributed by atoms with van der Waals surface area (Å²) in [5.74, 6) is -0.161. The Kier molecular flexibility index (Phi) is 7.87. The zero-order chi connectivity index (χ0) is 26.8. The standard InChI is InChI=1S/C31H40FN3O4/c32-23-7-9-25(26-10-12-31(13-14-31)20-39-26)22(18-23)19-35-16-11-27(28(35)30(36)37)38-17-2-1-5-24-8-6-21-4-3-15-33-29(21)34-24/h6-9,18,26-28H,1-5,10-17,19-20H2,(H,33,34)(H,36,37)/t26-,27+,28?/m0/s1. The minimum atomic E-state index is -0.884. The van der Waals surface area contributed by atoms with Crippen molar-refractivity contribution < 1.29 is 23.8 Å². The molecule has 2 aromatic rings. The quantitative estimate of drug-likeness (QED) is 0.399. The number of aromatic nitrogens is 1. The molecule has 1 saturated carbocycles. The first kappa shape index (κ1) is 26.7. The number of aryl methyl sites for hydroxylation is 2. The number of pyridine rings is 1. The second-order valence-electron chi connectivity index (χ2n) is 11.9. The third kappa shape index (κ3) is 6.13. The molecule has 0 amide bonds. The molecular formula is C31H40FN3O4. The summed E-state index contributed by atoms with van der Waals surface area (Å²) in [6, 6.07) is 8.43. The fourth-order valence-corrected chi connectivity index (χ4v) is 6.57. The number of halogens is 1. The topological polar surface area (TPSA) is 83.9 Å². The van der Waals surface area contributed by atoms with Crippen LogP contribution >= 0.6 is 0 Å². The van der Waals surface area contributed by atoms with Gasteiger partial charge in [-0.05, 0) is 105 Å². The molecule has 8 heteroatoms. The van der Waals surface area contributed by atoms with Crippen LogP contribution in [-0.4, -0.2) is 59.4 Å². The Balaban J connectivity index is 1.02. The number of carbonyl (C=O) groups is 1. The second-order valence-corrected chi connectivity index (χ2v) is 11.9. The number of carboxylic acids is 1. The minimum absolute atomic E-state index is 0.0508. The lowest BCUT2D eigenvalue weighted by molar-refractivity contribution is -0.146. The van der Waals surface area contributed by atoms with E-state index in [1.807, 2.05) is 11.0 Å². The molecule has 4 aliphatic rings. The highest BCUT2D eigenvalue weighted by Crippen LogP contribution is 2.54. The molecule has 0 radical (unpaired) electrons. The molecule has 1 aromatic heterocycles. The number of anilines is 1. The second kappa shape index (κ2) is 11.5. The van der Waals surface area contributed by atoms with Gasteiger partial charge in [0.2, 0.25) is 0 Å². The number of nitrogens with zero attached hydrogens (tertiary/aromatic N) is 2. The van der Waals surface area contributed by atoms with Gasteiger partial charge in [0, 0.05) is 31.9 Å². The summed E-state index contributed by atoms with van der Waals surface area (Å²) in [7, 11) is 0. The zero-order valence-corrected chi connectivity index (χ0v) is 22.7. The first-order chi connectivity index (χ1) is 19.0. The first-order valence-electron chi connectivity index (χ1n) is 14.7. The van der Waals surface area contributed by atoms with Gasteiger partial charge in [-0.2, -0.15) is 0 Å². The molecular weight excluding hydrogens is 497 g/mol. The van der Waals surface area contributed by atoms with Crippen LogP contribution in [0.1, 0.15) is 79.9 Å². The maximum atomic E-state index is 14.3. The fourth-order valence-electron chi connectivity index (χ4n) is 6.57. The third-order valence-electron chi connectivity index (χ3n) is 9.12. The maximum absolute atomic E-state index is 14.3. The predicted octanol–water partition coefficient (Wildman–Crippen LogP) is 5.28. The monoisotopic (exact) mass is 537 g/mol. The summed E-state index contributed by atoms with van der Waals surface area (Å²) in [5.41, 5.74) is 4.58. The summed E-state index contributed by atoms with van der Waals surface area (Å²) in [4.78, 5) is 19.0. The zero-order valence-electron chi connectivity index (χ0n) is 22.7. The number of rotatable bonds is 10. The van der Waals surface area contributed by atoms with Crippen LogP contribution in [0.25, 0.3) is 0 Å². The van der Waals surface area contributed by atoms with Crippen molar-refractivity contribution in [3.05, 3.63) is 58.5 Å². The Morgan fingerprint density at radius 2 is 2.10 bits per heavy atom. The van der Waals surface area contributed by atoms with Crippen LogP contribution in [0.2, 0.25) is 0 Å². The average Bonchev–Trinajstić information content (AvgIpc) is 3.57. The van der Waals surface area contributed by atoms with E-state index in [1.54, 1.807) is 6.07 Å². The maximum Gasteiger partial charge on any atom is 0.323 e. The van der Waals surface area contributed by atoms with Crippen LogP contribution in [0.4, 0.5) is 10.2 Å². The molecule has 1 spiro atoms. The number of ether oxygens (including phenoxy) is 2. The molecule has 7 nitrogen and oxygen atoms in total. The number of hydrogen-bond donors (Lipinski definition) is 2. The van der Waals surface area contributed by atoms with Crippen molar-refractivity contribution in [3.63, 3.8) is 0 Å². The molecule has 39 heavy (non-hydrogen) atoms. The molecule has 4 heterocycles. The molecule has 2 saturated heterocycles. The van der Waals surface area contributed by atoms with Crippen molar-refractivity contribution in [1.29, 1.82) is 0 Å². The fraction of sp³-hybridized carbons (Fsp3) is 0.613. The molecule has 210 valence electrons. The lowest BCUT2D eigenvalue weighted by Crippen LogP contribution is -2.42. The van der Waals surface area contributed by atoms with E-state index in [9.17, 15) is 14.3 Å². The van der Waals surface area contributed by atoms with Gasteiger partial charge in [-0.15, -0.1) is 0 Å². The number of likely N-dealkylation sites (tertiary alicyclic amines) is 1. The molecule has 3 fully saturated rings. The molecule has 3 atom stereocenters. The van der Waals surface area contributed by atoms with Crippen LogP contribution < -0.4 is 5.32 Å². The van der Waals surface area contributed by atoms with Crippen molar-refractivity contribution in [2.45, 2.75) is 89.0 Å². The number of aliphatic carboxylic acids is 1. The number of unbranched alkanes of at least 4 members (excludes halogenated alkanes) is 1. The Morgan fingerprint density at radius 1 is 1.21 bits per heavy atom. The van der Waals surface area contributed by atoms with E-state index in [2.05, 4.69) is 17.4 Å².